The summed E-state index contributed by atoms with van der Waals surface area (Å²) in [6.45, 7) is 0.367. The molecule has 0 aliphatic rings. The van der Waals surface area contributed by atoms with Gasteiger partial charge in [-0.25, -0.2) is 4.79 Å². The molecule has 0 aliphatic heterocycles. The number of carboxylic acids is 1. The number of carboxylic acid groups (broad SMARTS) is 1. The van der Waals surface area contributed by atoms with Gasteiger partial charge in [-0.3, -0.25) is 4.79 Å². The van der Waals surface area contributed by atoms with Crippen molar-refractivity contribution in [3.63, 3.8) is 0 Å². The van der Waals surface area contributed by atoms with Crippen LogP contribution in [0.3, 0.4) is 0 Å². The van der Waals surface area contributed by atoms with Gasteiger partial charge < -0.3 is 10.4 Å². The highest BCUT2D eigenvalue weighted by Crippen LogP contribution is 2.10. The molecule has 2 aromatic carbocycles. The molecule has 0 fully saturated rings. The summed E-state index contributed by atoms with van der Waals surface area (Å²) in [6.07, 6.45) is 0.282. The number of benzene rings is 2. The topological polar surface area (TPSA) is 66.4 Å². The van der Waals surface area contributed by atoms with Crippen molar-refractivity contribution >= 4 is 23.5 Å². The lowest BCUT2D eigenvalue weighted by molar-refractivity contribution is -0.120. The molecule has 0 radical (unpaired) electrons. The van der Waals surface area contributed by atoms with Crippen LogP contribution in [0.15, 0.2) is 48.5 Å². The predicted molar refractivity (Wildman–Crippen MR) is 80.4 cm³/mol. The van der Waals surface area contributed by atoms with E-state index in [-0.39, 0.29) is 17.9 Å². The van der Waals surface area contributed by atoms with Crippen molar-refractivity contribution in [2.24, 2.45) is 0 Å². The van der Waals surface area contributed by atoms with E-state index in [1.165, 1.54) is 12.1 Å². The van der Waals surface area contributed by atoms with Crippen LogP contribution in [-0.2, 0) is 17.8 Å². The number of nitrogens with one attached hydrogen (secondary N) is 1. The first kappa shape index (κ1) is 15.1. The smallest absolute Gasteiger partial charge is 0.335 e. The number of rotatable bonds is 5. The van der Waals surface area contributed by atoms with Crippen LogP contribution in [0.2, 0.25) is 5.02 Å². The van der Waals surface area contributed by atoms with Crippen LogP contribution in [0.25, 0.3) is 0 Å². The number of hydrogen-bond donors (Lipinski definition) is 2. The number of carbonyl (C=O) groups excluding carboxylic acids is 1. The van der Waals surface area contributed by atoms with Crippen LogP contribution in [0.4, 0.5) is 0 Å². The highest BCUT2D eigenvalue weighted by atomic mass is 35.5. The Morgan fingerprint density at radius 1 is 0.952 bits per heavy atom. The predicted octanol–water partition coefficient (Wildman–Crippen LogP) is 2.90. The molecular weight excluding hydrogens is 290 g/mol. The Labute approximate surface area is 127 Å². The molecule has 108 valence electrons. The van der Waals surface area contributed by atoms with E-state index in [1.807, 2.05) is 12.1 Å². The second kappa shape index (κ2) is 6.90. The van der Waals surface area contributed by atoms with E-state index >= 15 is 0 Å². The van der Waals surface area contributed by atoms with Crippen molar-refractivity contribution in [2.45, 2.75) is 13.0 Å². The molecule has 1 amide bonds. The maximum Gasteiger partial charge on any atom is 0.335 e. The minimum atomic E-state index is -0.965. The Morgan fingerprint density at radius 2 is 1.52 bits per heavy atom. The van der Waals surface area contributed by atoms with Crippen molar-refractivity contribution in [1.82, 2.24) is 5.32 Å². The van der Waals surface area contributed by atoms with Gasteiger partial charge in [0.1, 0.15) is 0 Å². The fraction of sp³-hybridized carbons (Fsp3) is 0.125. The number of hydrogen-bond acceptors (Lipinski definition) is 2. The fourth-order valence-electron chi connectivity index (χ4n) is 1.82. The summed E-state index contributed by atoms with van der Waals surface area (Å²) in [5, 5.41) is 12.2. The van der Waals surface area contributed by atoms with Gasteiger partial charge in [-0.15, -0.1) is 0 Å². The van der Waals surface area contributed by atoms with Crippen molar-refractivity contribution < 1.29 is 14.7 Å². The maximum absolute atomic E-state index is 11.8. The average Bonchev–Trinajstić information content (AvgIpc) is 2.48. The first-order valence-electron chi connectivity index (χ1n) is 6.38. The van der Waals surface area contributed by atoms with Gasteiger partial charge in [0.05, 0.1) is 12.0 Å². The molecule has 2 rings (SSSR count). The average molecular weight is 304 g/mol. The maximum atomic E-state index is 11.8. The first-order chi connectivity index (χ1) is 10.0. The van der Waals surface area contributed by atoms with Gasteiger partial charge in [-0.05, 0) is 35.4 Å². The quantitative estimate of drug-likeness (QED) is 0.892. The van der Waals surface area contributed by atoms with Gasteiger partial charge in [0.2, 0.25) is 5.91 Å². The zero-order valence-electron chi connectivity index (χ0n) is 11.2. The first-order valence-corrected chi connectivity index (χ1v) is 6.76. The summed E-state index contributed by atoms with van der Waals surface area (Å²) < 4.78 is 0. The minimum absolute atomic E-state index is 0.0976. The number of amides is 1. The zero-order chi connectivity index (χ0) is 15.2. The Bertz CT molecular complexity index is 636. The lowest BCUT2D eigenvalue weighted by Gasteiger charge is -2.06. The van der Waals surface area contributed by atoms with Crippen LogP contribution in [0, 0.1) is 0 Å². The van der Waals surface area contributed by atoms with Crippen molar-refractivity contribution in [1.29, 1.82) is 0 Å². The van der Waals surface area contributed by atoms with Crippen LogP contribution in [0.1, 0.15) is 21.5 Å². The zero-order valence-corrected chi connectivity index (χ0v) is 11.9. The van der Waals surface area contributed by atoms with Gasteiger partial charge in [0, 0.05) is 11.6 Å². The van der Waals surface area contributed by atoms with E-state index in [1.54, 1.807) is 24.3 Å². The van der Waals surface area contributed by atoms with Crippen molar-refractivity contribution in [2.75, 3.05) is 0 Å². The second-order valence-corrected chi connectivity index (χ2v) is 5.02. The molecule has 0 saturated heterocycles. The summed E-state index contributed by atoms with van der Waals surface area (Å²) in [4.78, 5) is 22.5. The molecule has 0 saturated carbocycles. The highest BCUT2D eigenvalue weighted by Gasteiger charge is 2.05. The standard InChI is InChI=1S/C16H14ClNO3/c17-14-7-3-11(4-8-14)9-15(19)18-10-12-1-5-13(6-2-12)16(20)21/h1-8H,9-10H2,(H,18,19)(H,20,21). The summed E-state index contributed by atoms with van der Waals surface area (Å²) in [7, 11) is 0. The van der Waals surface area contributed by atoms with Crippen LogP contribution in [0.5, 0.6) is 0 Å². The Balaban J connectivity index is 1.86. The molecule has 0 heterocycles. The summed E-state index contributed by atoms with van der Waals surface area (Å²) in [5.41, 5.74) is 1.97. The molecule has 2 aromatic rings. The highest BCUT2D eigenvalue weighted by molar-refractivity contribution is 6.30. The molecule has 2 N–H and O–H groups in total. The van der Waals surface area contributed by atoms with E-state index < -0.39 is 5.97 Å². The minimum Gasteiger partial charge on any atom is -0.478 e. The third-order valence-corrected chi connectivity index (χ3v) is 3.22. The molecule has 4 nitrogen and oxygen atoms in total. The van der Waals surface area contributed by atoms with E-state index in [0.717, 1.165) is 11.1 Å². The number of halogens is 1. The molecule has 5 heteroatoms. The summed E-state index contributed by atoms with van der Waals surface area (Å²) in [6, 6.07) is 13.5. The van der Waals surface area contributed by atoms with Crippen molar-refractivity contribution in [3.05, 3.63) is 70.2 Å². The van der Waals surface area contributed by atoms with Gasteiger partial charge in [0.15, 0.2) is 0 Å². The van der Waals surface area contributed by atoms with Gasteiger partial charge in [-0.2, -0.15) is 0 Å². The number of carbonyl (C=O) groups is 2. The Hall–Kier alpha value is -2.33. The monoisotopic (exact) mass is 303 g/mol. The molecule has 0 aliphatic carbocycles. The van der Waals surface area contributed by atoms with Gasteiger partial charge in [0.25, 0.3) is 0 Å². The van der Waals surface area contributed by atoms with Crippen LogP contribution >= 0.6 is 11.6 Å². The van der Waals surface area contributed by atoms with E-state index in [2.05, 4.69) is 5.32 Å². The molecule has 0 bridgehead atoms. The van der Waals surface area contributed by atoms with Crippen molar-refractivity contribution in [3.8, 4) is 0 Å². The van der Waals surface area contributed by atoms with E-state index in [0.29, 0.717) is 11.6 Å². The molecular formula is C16H14ClNO3. The lowest BCUT2D eigenvalue weighted by atomic mass is 10.1. The molecule has 0 unspecified atom stereocenters. The normalized spacial score (nSPS) is 10.1. The SMILES string of the molecule is O=C(Cc1ccc(Cl)cc1)NCc1ccc(C(=O)O)cc1. The van der Waals surface area contributed by atoms with E-state index in [9.17, 15) is 9.59 Å². The van der Waals surface area contributed by atoms with Gasteiger partial charge in [-0.1, -0.05) is 35.9 Å². The lowest BCUT2D eigenvalue weighted by Crippen LogP contribution is -2.24. The summed E-state index contributed by atoms with van der Waals surface area (Å²) >= 11 is 5.78. The Morgan fingerprint density at radius 3 is 2.10 bits per heavy atom. The van der Waals surface area contributed by atoms with Crippen LogP contribution < -0.4 is 5.32 Å². The fourth-order valence-corrected chi connectivity index (χ4v) is 1.94. The largest absolute Gasteiger partial charge is 0.478 e. The number of aromatic carboxylic acids is 1. The third kappa shape index (κ3) is 4.61. The third-order valence-electron chi connectivity index (χ3n) is 2.97. The molecule has 0 atom stereocenters. The Kier molecular flexibility index (Phi) is 4.95. The van der Waals surface area contributed by atoms with E-state index in [4.69, 9.17) is 16.7 Å². The molecule has 0 spiro atoms. The molecule has 21 heavy (non-hydrogen) atoms. The van der Waals surface area contributed by atoms with Crippen LogP contribution in [-0.4, -0.2) is 17.0 Å². The van der Waals surface area contributed by atoms with Gasteiger partial charge >= 0.3 is 5.97 Å². The molecule has 0 aromatic heterocycles. The second-order valence-electron chi connectivity index (χ2n) is 4.58. The summed E-state index contributed by atoms with van der Waals surface area (Å²) in [5.74, 6) is -1.06.